The van der Waals surface area contributed by atoms with E-state index in [0.717, 1.165) is 18.0 Å². The van der Waals surface area contributed by atoms with E-state index in [1.807, 2.05) is 28.0 Å². The highest BCUT2D eigenvalue weighted by Crippen LogP contribution is 2.35. The van der Waals surface area contributed by atoms with Crippen LogP contribution < -0.4 is 0 Å². The van der Waals surface area contributed by atoms with Crippen molar-refractivity contribution < 1.29 is 4.42 Å². The highest BCUT2D eigenvalue weighted by molar-refractivity contribution is 7.71. The van der Waals surface area contributed by atoms with E-state index in [4.69, 9.17) is 16.6 Å². The van der Waals surface area contributed by atoms with E-state index >= 15 is 0 Å². The summed E-state index contributed by atoms with van der Waals surface area (Å²) in [6, 6.07) is 3.85. The van der Waals surface area contributed by atoms with Crippen LogP contribution in [0, 0.1) is 4.77 Å². The van der Waals surface area contributed by atoms with E-state index in [-0.39, 0.29) is 0 Å². The summed E-state index contributed by atoms with van der Waals surface area (Å²) in [6.07, 6.45) is 6.59. The number of aromatic nitrogens is 3. The normalized spacial score (nSPS) is 14.3. The molecule has 21 heavy (non-hydrogen) atoms. The van der Waals surface area contributed by atoms with Crippen LogP contribution in [-0.4, -0.2) is 14.8 Å². The minimum atomic E-state index is 0.613. The lowest BCUT2D eigenvalue weighted by Crippen LogP contribution is -2.04. The van der Waals surface area contributed by atoms with Gasteiger partial charge in [-0.15, -0.1) is 11.3 Å². The summed E-state index contributed by atoms with van der Waals surface area (Å²) >= 11 is 7.23. The number of aryl methyl sites for hydroxylation is 1. The van der Waals surface area contributed by atoms with E-state index < -0.39 is 0 Å². The van der Waals surface area contributed by atoms with Crippen molar-refractivity contribution in [2.75, 3.05) is 0 Å². The van der Waals surface area contributed by atoms with Gasteiger partial charge in [0.1, 0.15) is 5.76 Å². The average molecular weight is 317 g/mol. The molecule has 0 aromatic carbocycles. The first kappa shape index (κ1) is 13.0. The molecule has 3 aromatic rings. The van der Waals surface area contributed by atoms with Crippen LogP contribution in [-0.2, 0) is 19.4 Å². The van der Waals surface area contributed by atoms with Crippen molar-refractivity contribution in [3.63, 3.8) is 0 Å². The first-order valence-electron chi connectivity index (χ1n) is 7.10. The maximum atomic E-state index is 5.44. The Morgan fingerprint density at radius 3 is 3.14 bits per heavy atom. The van der Waals surface area contributed by atoms with Gasteiger partial charge in [-0.3, -0.25) is 9.67 Å². The van der Waals surface area contributed by atoms with Crippen LogP contribution in [0.25, 0.3) is 11.4 Å². The van der Waals surface area contributed by atoms with Gasteiger partial charge in [-0.25, -0.2) is 0 Å². The third kappa shape index (κ3) is 2.28. The summed E-state index contributed by atoms with van der Waals surface area (Å²) in [5, 5.41) is 9.60. The number of furan rings is 1. The zero-order valence-corrected chi connectivity index (χ0v) is 13.1. The topological polar surface area (TPSA) is 46.8 Å². The fraction of sp³-hybridized carbons (Fsp3) is 0.333. The molecule has 6 heteroatoms. The van der Waals surface area contributed by atoms with E-state index in [1.54, 1.807) is 6.26 Å². The zero-order chi connectivity index (χ0) is 14.2. The van der Waals surface area contributed by atoms with Crippen LogP contribution >= 0.6 is 23.6 Å². The predicted octanol–water partition coefficient (Wildman–Crippen LogP) is 4.19. The van der Waals surface area contributed by atoms with Gasteiger partial charge in [-0.2, -0.15) is 5.10 Å². The molecule has 3 heterocycles. The Labute approximate surface area is 131 Å². The highest BCUT2D eigenvalue weighted by atomic mass is 32.1. The first-order chi connectivity index (χ1) is 10.3. The minimum Gasteiger partial charge on any atom is -0.467 e. The molecule has 3 aromatic heterocycles. The highest BCUT2D eigenvalue weighted by Gasteiger charge is 2.20. The first-order valence-corrected chi connectivity index (χ1v) is 8.39. The van der Waals surface area contributed by atoms with Crippen molar-refractivity contribution in [2.24, 2.45) is 0 Å². The van der Waals surface area contributed by atoms with Gasteiger partial charge in [0, 0.05) is 15.8 Å². The molecule has 4 rings (SSSR count). The fourth-order valence-corrected chi connectivity index (χ4v) is 4.23. The number of thiophene rings is 1. The Balaban J connectivity index is 1.79. The fourth-order valence-electron chi connectivity index (χ4n) is 2.91. The van der Waals surface area contributed by atoms with Gasteiger partial charge in [0.25, 0.3) is 0 Å². The summed E-state index contributed by atoms with van der Waals surface area (Å²) in [5.74, 6) is 1.81. The van der Waals surface area contributed by atoms with Gasteiger partial charge in [0.2, 0.25) is 0 Å². The van der Waals surface area contributed by atoms with E-state index in [0.29, 0.717) is 11.3 Å². The SMILES string of the molecule is S=c1[nH]nc(-c2csc3c2CCCC3)n1Cc1ccco1. The van der Waals surface area contributed by atoms with Gasteiger partial charge >= 0.3 is 0 Å². The minimum absolute atomic E-state index is 0.613. The van der Waals surface area contributed by atoms with E-state index in [9.17, 15) is 0 Å². The molecule has 1 N–H and O–H groups in total. The number of hydrogen-bond donors (Lipinski definition) is 1. The number of nitrogens with one attached hydrogen (secondary N) is 1. The monoisotopic (exact) mass is 317 g/mol. The van der Waals surface area contributed by atoms with Crippen LogP contribution in [0.2, 0.25) is 0 Å². The van der Waals surface area contributed by atoms with Crippen molar-refractivity contribution in [3.05, 3.63) is 44.7 Å². The molecular formula is C15H15N3OS2. The molecule has 1 aliphatic carbocycles. The second-order valence-corrected chi connectivity index (χ2v) is 6.63. The molecule has 1 aliphatic rings. The third-order valence-corrected chi connectivity index (χ3v) is 5.35. The summed E-state index contributed by atoms with van der Waals surface area (Å²) < 4.78 is 8.10. The lowest BCUT2D eigenvalue weighted by Gasteiger charge is -2.12. The van der Waals surface area contributed by atoms with Crippen LogP contribution in [0.1, 0.15) is 29.0 Å². The second kappa shape index (κ2) is 5.27. The molecule has 0 radical (unpaired) electrons. The maximum absolute atomic E-state index is 5.44. The molecule has 0 aliphatic heterocycles. The van der Waals surface area contributed by atoms with Crippen molar-refractivity contribution in [2.45, 2.75) is 32.2 Å². The van der Waals surface area contributed by atoms with Crippen LogP contribution in [0.4, 0.5) is 0 Å². The molecule has 4 nitrogen and oxygen atoms in total. The van der Waals surface area contributed by atoms with E-state index in [1.165, 1.54) is 35.3 Å². The second-order valence-electron chi connectivity index (χ2n) is 5.28. The van der Waals surface area contributed by atoms with Crippen LogP contribution in [0.15, 0.2) is 28.2 Å². The standard InChI is InChI=1S/C15H15N3OS2/c20-15-17-16-14(18(15)8-10-4-3-7-19-10)12-9-21-13-6-2-1-5-11(12)13/h3-4,7,9H,1-2,5-6,8H2,(H,17,20). The quantitative estimate of drug-likeness (QED) is 0.737. The van der Waals surface area contributed by atoms with Crippen molar-refractivity contribution in [1.82, 2.24) is 14.8 Å². The molecule has 0 bridgehead atoms. The number of hydrogen-bond acceptors (Lipinski definition) is 4. The Bertz CT molecular complexity index is 810. The number of fused-ring (bicyclic) bond motifs is 1. The van der Waals surface area contributed by atoms with Crippen molar-refractivity contribution in [1.29, 1.82) is 0 Å². The predicted molar refractivity (Wildman–Crippen MR) is 85.2 cm³/mol. The Morgan fingerprint density at radius 1 is 1.38 bits per heavy atom. The van der Waals surface area contributed by atoms with Gasteiger partial charge in [0.15, 0.2) is 10.6 Å². The largest absolute Gasteiger partial charge is 0.467 e. The van der Waals surface area contributed by atoms with Crippen LogP contribution in [0.3, 0.4) is 0 Å². The number of aromatic amines is 1. The number of H-pyrrole nitrogens is 1. The third-order valence-electron chi connectivity index (χ3n) is 3.95. The summed E-state index contributed by atoms with van der Waals surface area (Å²) in [5.41, 5.74) is 2.69. The van der Waals surface area contributed by atoms with Crippen molar-refractivity contribution >= 4 is 23.6 Å². The van der Waals surface area contributed by atoms with Gasteiger partial charge in [-0.1, -0.05) is 0 Å². The van der Waals surface area contributed by atoms with Crippen molar-refractivity contribution in [3.8, 4) is 11.4 Å². The number of nitrogens with zero attached hydrogens (tertiary/aromatic N) is 2. The van der Waals surface area contributed by atoms with E-state index in [2.05, 4.69) is 15.6 Å². The summed E-state index contributed by atoms with van der Waals surface area (Å²) in [4.78, 5) is 1.51. The summed E-state index contributed by atoms with van der Waals surface area (Å²) in [6.45, 7) is 0.613. The summed E-state index contributed by atoms with van der Waals surface area (Å²) in [7, 11) is 0. The smallest absolute Gasteiger partial charge is 0.195 e. The van der Waals surface area contributed by atoms with Crippen LogP contribution in [0.5, 0.6) is 0 Å². The Morgan fingerprint density at radius 2 is 2.29 bits per heavy atom. The Hall–Kier alpha value is -1.66. The molecule has 0 fully saturated rings. The maximum Gasteiger partial charge on any atom is 0.195 e. The average Bonchev–Trinajstić information content (AvgIpc) is 3.21. The molecule has 0 spiro atoms. The Kier molecular flexibility index (Phi) is 3.27. The molecule has 108 valence electrons. The van der Waals surface area contributed by atoms with Gasteiger partial charge < -0.3 is 4.42 Å². The molecule has 0 atom stereocenters. The lowest BCUT2D eigenvalue weighted by molar-refractivity contribution is 0.493. The van der Waals surface area contributed by atoms with Gasteiger partial charge in [0.05, 0.1) is 12.8 Å². The number of rotatable bonds is 3. The molecule has 0 unspecified atom stereocenters. The molecule has 0 amide bonds. The lowest BCUT2D eigenvalue weighted by atomic mass is 9.95. The zero-order valence-electron chi connectivity index (χ0n) is 11.5. The molecule has 0 saturated carbocycles. The van der Waals surface area contributed by atoms with Gasteiger partial charge in [-0.05, 0) is 55.6 Å². The molecular weight excluding hydrogens is 302 g/mol. The molecule has 0 saturated heterocycles.